The van der Waals surface area contributed by atoms with Crippen molar-refractivity contribution in [1.82, 2.24) is 0 Å². The van der Waals surface area contributed by atoms with Gasteiger partial charge in [-0.15, -0.1) is 11.3 Å². The summed E-state index contributed by atoms with van der Waals surface area (Å²) in [5, 5.41) is 5.13. The van der Waals surface area contributed by atoms with Gasteiger partial charge in [0.2, 0.25) is 0 Å². The van der Waals surface area contributed by atoms with Gasteiger partial charge in [0.15, 0.2) is 0 Å². The van der Waals surface area contributed by atoms with E-state index in [1.807, 2.05) is 11.3 Å². The monoisotopic (exact) mass is 553 g/mol. The van der Waals surface area contributed by atoms with Crippen LogP contribution < -0.4 is 4.90 Å². The molecule has 0 atom stereocenters. The van der Waals surface area contributed by atoms with E-state index in [4.69, 9.17) is 0 Å². The molecule has 1 heterocycles. The second-order valence-electron chi connectivity index (χ2n) is 10.6. The second-order valence-corrected chi connectivity index (χ2v) is 11.6. The Labute approximate surface area is 249 Å². The predicted octanol–water partition coefficient (Wildman–Crippen LogP) is 12.0. The van der Waals surface area contributed by atoms with E-state index in [0.717, 1.165) is 11.4 Å². The summed E-state index contributed by atoms with van der Waals surface area (Å²) >= 11 is 1.89. The van der Waals surface area contributed by atoms with Crippen LogP contribution in [-0.4, -0.2) is 0 Å². The smallest absolute Gasteiger partial charge is 0.0561 e. The van der Waals surface area contributed by atoms with Crippen LogP contribution in [0.1, 0.15) is 0 Å². The molecule has 8 aromatic rings. The number of anilines is 3. The molecule has 1 nitrogen and oxygen atoms in total. The average molecular weight is 554 g/mol. The summed E-state index contributed by atoms with van der Waals surface area (Å²) in [6.07, 6.45) is 0. The molecular weight excluding hydrogens is 527 g/mol. The molecule has 0 radical (unpaired) electrons. The molecule has 8 rings (SSSR count). The molecule has 0 spiro atoms. The van der Waals surface area contributed by atoms with Crippen LogP contribution in [-0.2, 0) is 0 Å². The Balaban J connectivity index is 1.49. The van der Waals surface area contributed by atoms with Crippen molar-refractivity contribution in [3.8, 4) is 22.3 Å². The first-order valence-corrected chi connectivity index (χ1v) is 15.1. The number of nitrogens with zero attached hydrogens (tertiary/aromatic N) is 1. The van der Waals surface area contributed by atoms with E-state index < -0.39 is 0 Å². The number of para-hydroxylation sites is 1. The Kier molecular flexibility index (Phi) is 6.05. The molecule has 198 valence electrons. The highest BCUT2D eigenvalue weighted by Gasteiger charge is 2.23. The third-order valence-corrected chi connectivity index (χ3v) is 9.24. The summed E-state index contributed by atoms with van der Waals surface area (Å²) in [4.78, 5) is 2.46. The minimum Gasteiger partial charge on any atom is -0.309 e. The van der Waals surface area contributed by atoms with Gasteiger partial charge in [-0.2, -0.15) is 0 Å². The van der Waals surface area contributed by atoms with Gasteiger partial charge in [-0.1, -0.05) is 127 Å². The van der Waals surface area contributed by atoms with Crippen molar-refractivity contribution in [1.29, 1.82) is 0 Å². The van der Waals surface area contributed by atoms with Gasteiger partial charge < -0.3 is 4.90 Å². The highest BCUT2D eigenvalue weighted by atomic mass is 32.1. The zero-order chi connectivity index (χ0) is 27.9. The highest BCUT2D eigenvalue weighted by molar-refractivity contribution is 7.26. The Bertz CT molecular complexity index is 2180. The fourth-order valence-corrected chi connectivity index (χ4v) is 7.35. The van der Waals surface area contributed by atoms with Crippen molar-refractivity contribution in [3.63, 3.8) is 0 Å². The van der Waals surface area contributed by atoms with Crippen molar-refractivity contribution >= 4 is 59.3 Å². The van der Waals surface area contributed by atoms with Gasteiger partial charge in [-0.05, 0) is 63.9 Å². The number of hydrogen-bond acceptors (Lipinski definition) is 2. The lowest BCUT2D eigenvalue weighted by Gasteiger charge is -2.29. The molecular formula is C40H27NS. The third-order valence-electron chi connectivity index (χ3n) is 8.03. The SMILES string of the molecule is c1ccc(-c2ccc(N(c3ccccc3)c3cc4ccccc4c4sc5ccccc5c34)c(-c3ccccc3)c2)cc1. The Morgan fingerprint density at radius 1 is 0.429 bits per heavy atom. The maximum absolute atomic E-state index is 2.46. The van der Waals surface area contributed by atoms with Crippen LogP contribution >= 0.6 is 11.3 Å². The summed E-state index contributed by atoms with van der Waals surface area (Å²) in [7, 11) is 0. The van der Waals surface area contributed by atoms with E-state index in [-0.39, 0.29) is 0 Å². The van der Waals surface area contributed by atoms with Gasteiger partial charge in [-0.3, -0.25) is 0 Å². The maximum Gasteiger partial charge on any atom is 0.0561 e. The fourth-order valence-electron chi connectivity index (χ4n) is 6.09. The zero-order valence-electron chi connectivity index (χ0n) is 22.9. The van der Waals surface area contributed by atoms with Gasteiger partial charge in [0.05, 0.1) is 11.4 Å². The lowest BCUT2D eigenvalue weighted by Crippen LogP contribution is -2.12. The molecule has 0 N–H and O–H groups in total. The van der Waals surface area contributed by atoms with E-state index in [2.05, 4.69) is 169 Å². The lowest BCUT2D eigenvalue weighted by atomic mass is 9.95. The molecule has 7 aromatic carbocycles. The Morgan fingerprint density at radius 2 is 1.05 bits per heavy atom. The molecule has 42 heavy (non-hydrogen) atoms. The van der Waals surface area contributed by atoms with Crippen molar-refractivity contribution in [2.24, 2.45) is 0 Å². The number of fused-ring (bicyclic) bond motifs is 5. The molecule has 0 aliphatic rings. The lowest BCUT2D eigenvalue weighted by molar-refractivity contribution is 1.30. The van der Waals surface area contributed by atoms with E-state index in [1.54, 1.807) is 0 Å². The van der Waals surface area contributed by atoms with Crippen LogP contribution in [0.25, 0.3) is 53.2 Å². The van der Waals surface area contributed by atoms with E-state index >= 15 is 0 Å². The van der Waals surface area contributed by atoms with Crippen molar-refractivity contribution in [2.75, 3.05) is 4.90 Å². The van der Waals surface area contributed by atoms with Crippen LogP contribution in [0.3, 0.4) is 0 Å². The topological polar surface area (TPSA) is 3.24 Å². The number of thiophene rings is 1. The number of rotatable bonds is 5. The maximum atomic E-state index is 2.46. The summed E-state index contributed by atoms with van der Waals surface area (Å²) in [5.41, 5.74) is 8.28. The van der Waals surface area contributed by atoms with E-state index in [1.165, 1.54) is 58.9 Å². The molecule has 0 amide bonds. The summed E-state index contributed by atoms with van der Waals surface area (Å²) in [5.74, 6) is 0. The molecule has 0 fully saturated rings. The van der Waals surface area contributed by atoms with Gasteiger partial charge in [-0.25, -0.2) is 0 Å². The van der Waals surface area contributed by atoms with Gasteiger partial charge in [0.25, 0.3) is 0 Å². The van der Waals surface area contributed by atoms with Gasteiger partial charge in [0.1, 0.15) is 0 Å². The fraction of sp³-hybridized carbons (Fsp3) is 0. The Morgan fingerprint density at radius 3 is 1.81 bits per heavy atom. The van der Waals surface area contributed by atoms with Gasteiger partial charge in [0, 0.05) is 31.4 Å². The number of hydrogen-bond donors (Lipinski definition) is 0. The first-order valence-electron chi connectivity index (χ1n) is 14.3. The summed E-state index contributed by atoms with van der Waals surface area (Å²) in [6, 6.07) is 59.1. The van der Waals surface area contributed by atoms with Gasteiger partial charge >= 0.3 is 0 Å². The normalized spacial score (nSPS) is 11.3. The minimum absolute atomic E-state index is 1.13. The molecule has 1 aromatic heterocycles. The van der Waals surface area contributed by atoms with Crippen molar-refractivity contribution in [3.05, 3.63) is 164 Å². The van der Waals surface area contributed by atoms with Crippen LogP contribution in [0.2, 0.25) is 0 Å². The number of benzene rings is 7. The molecule has 0 unspecified atom stereocenters. The molecule has 0 aliphatic heterocycles. The van der Waals surface area contributed by atoms with Crippen LogP contribution in [0.5, 0.6) is 0 Å². The zero-order valence-corrected chi connectivity index (χ0v) is 23.8. The molecule has 0 bridgehead atoms. The minimum atomic E-state index is 1.13. The quantitative estimate of drug-likeness (QED) is 0.205. The first kappa shape index (κ1) is 24.6. The molecule has 0 saturated heterocycles. The third kappa shape index (κ3) is 4.16. The first-order chi connectivity index (χ1) is 20.8. The van der Waals surface area contributed by atoms with E-state index in [9.17, 15) is 0 Å². The van der Waals surface area contributed by atoms with Crippen LogP contribution in [0, 0.1) is 0 Å². The predicted molar refractivity (Wildman–Crippen MR) is 182 cm³/mol. The Hall–Kier alpha value is -5.18. The molecule has 2 heteroatoms. The van der Waals surface area contributed by atoms with Crippen LogP contribution in [0.4, 0.5) is 17.1 Å². The molecule has 0 aliphatic carbocycles. The average Bonchev–Trinajstić information content (AvgIpc) is 3.47. The molecule has 0 saturated carbocycles. The largest absolute Gasteiger partial charge is 0.309 e. The van der Waals surface area contributed by atoms with Crippen LogP contribution in [0.15, 0.2) is 164 Å². The highest BCUT2D eigenvalue weighted by Crippen LogP contribution is 2.50. The second kappa shape index (κ2) is 10.3. The van der Waals surface area contributed by atoms with E-state index in [0.29, 0.717) is 0 Å². The summed E-state index contributed by atoms with van der Waals surface area (Å²) in [6.45, 7) is 0. The van der Waals surface area contributed by atoms with Crippen molar-refractivity contribution in [2.45, 2.75) is 0 Å². The summed E-state index contributed by atoms with van der Waals surface area (Å²) < 4.78 is 2.63. The van der Waals surface area contributed by atoms with Crippen molar-refractivity contribution < 1.29 is 0 Å². The standard InChI is InChI=1S/C40H27NS/c1-4-14-28(15-5-1)30-24-25-36(35(26-30)29-16-6-2-7-17-29)41(32-19-8-3-9-20-32)37-27-31-18-10-11-21-33(31)40-39(37)34-22-12-13-23-38(34)42-40/h1-27H.